The minimum Gasteiger partial charge on any atom is -0.244 e. The Bertz CT molecular complexity index is 288. The third kappa shape index (κ3) is 3.63. The van der Waals surface area contributed by atoms with Gasteiger partial charge in [-0.05, 0) is 11.8 Å². The smallest absolute Gasteiger partial charge is 0.133 e. The molecule has 0 spiro atoms. The van der Waals surface area contributed by atoms with E-state index in [-0.39, 0.29) is 12.0 Å². The maximum Gasteiger partial charge on any atom is 0.133 e. The quantitative estimate of drug-likeness (QED) is 0.701. The number of thiazole rings is 1. The molecule has 0 radical (unpaired) electrons. The molecule has 0 aliphatic heterocycles. The number of aromatic nitrogens is 1. The summed E-state index contributed by atoms with van der Waals surface area (Å²) in [5.74, 6) is 0. The highest BCUT2D eigenvalue weighted by Gasteiger charge is 2.13. The van der Waals surface area contributed by atoms with Crippen LogP contribution in [-0.4, -0.2) is 4.98 Å². The van der Waals surface area contributed by atoms with Crippen LogP contribution in [0.2, 0.25) is 0 Å². The molecular formula is C9H14N2OS. The topological polar surface area (TPSA) is 42.3 Å². The first-order valence-corrected chi connectivity index (χ1v) is 5.11. The molecule has 0 atom stereocenters. The molecule has 0 aliphatic rings. The Morgan fingerprint density at radius 2 is 2.23 bits per heavy atom. The summed E-state index contributed by atoms with van der Waals surface area (Å²) < 4.78 is 0. The minimum atomic E-state index is 0.203. The van der Waals surface area contributed by atoms with Crippen LogP contribution in [0.4, 0.5) is 0 Å². The monoisotopic (exact) mass is 198 g/mol. The van der Waals surface area contributed by atoms with Crippen LogP contribution in [0.25, 0.3) is 0 Å². The van der Waals surface area contributed by atoms with Gasteiger partial charge in [0.1, 0.15) is 11.6 Å². The highest BCUT2D eigenvalue weighted by molar-refractivity contribution is 7.09. The van der Waals surface area contributed by atoms with Crippen LogP contribution in [0.3, 0.4) is 0 Å². The summed E-state index contributed by atoms with van der Waals surface area (Å²) in [7, 11) is 0. The molecule has 13 heavy (non-hydrogen) atoms. The van der Waals surface area contributed by atoms with Gasteiger partial charge >= 0.3 is 0 Å². The Hall–Kier alpha value is -0.770. The Kier molecular flexibility index (Phi) is 3.14. The lowest BCUT2D eigenvalue weighted by Gasteiger charge is -2.15. The fraction of sp³-hybridized carbons (Fsp3) is 0.667. The van der Waals surface area contributed by atoms with E-state index in [1.165, 1.54) is 11.3 Å². The van der Waals surface area contributed by atoms with Crippen LogP contribution < -0.4 is 0 Å². The van der Waals surface area contributed by atoms with E-state index < -0.39 is 0 Å². The lowest BCUT2D eigenvalue weighted by Crippen LogP contribution is -2.09. The molecule has 0 unspecified atom stereocenters. The molecule has 3 nitrogen and oxygen atoms in total. The van der Waals surface area contributed by atoms with E-state index in [0.717, 1.165) is 17.1 Å². The Morgan fingerprint density at radius 3 is 2.77 bits per heavy atom. The largest absolute Gasteiger partial charge is 0.244 e. The zero-order valence-corrected chi connectivity index (χ0v) is 9.02. The molecular weight excluding hydrogens is 184 g/mol. The predicted molar refractivity (Wildman–Crippen MR) is 54.8 cm³/mol. The fourth-order valence-corrected chi connectivity index (χ4v) is 1.81. The number of nitrogens with zero attached hydrogens (tertiary/aromatic N) is 2. The van der Waals surface area contributed by atoms with Crippen molar-refractivity contribution in [3.8, 4) is 0 Å². The lowest BCUT2D eigenvalue weighted by molar-refractivity contribution is 0.407. The molecule has 0 saturated heterocycles. The van der Waals surface area contributed by atoms with E-state index in [9.17, 15) is 4.91 Å². The van der Waals surface area contributed by atoms with Crippen LogP contribution >= 0.6 is 11.3 Å². The van der Waals surface area contributed by atoms with E-state index in [1.54, 1.807) is 0 Å². The fourth-order valence-electron chi connectivity index (χ4n) is 1.10. The summed E-state index contributed by atoms with van der Waals surface area (Å²) in [6.07, 6.45) is 0.947. The van der Waals surface area contributed by atoms with Crippen molar-refractivity contribution < 1.29 is 0 Å². The first-order valence-electron chi connectivity index (χ1n) is 4.24. The average Bonchev–Trinajstić information content (AvgIpc) is 2.33. The van der Waals surface area contributed by atoms with Crippen LogP contribution in [0.1, 0.15) is 31.5 Å². The maximum absolute atomic E-state index is 9.99. The highest BCUT2D eigenvalue weighted by Crippen LogP contribution is 2.21. The number of hydrogen-bond acceptors (Lipinski definition) is 4. The lowest BCUT2D eigenvalue weighted by atomic mass is 9.91. The first kappa shape index (κ1) is 10.3. The third-order valence-corrected chi connectivity index (χ3v) is 2.39. The van der Waals surface area contributed by atoms with Gasteiger partial charge in [-0.25, -0.2) is 4.98 Å². The normalized spacial score (nSPS) is 11.6. The van der Waals surface area contributed by atoms with Crippen molar-refractivity contribution >= 4 is 11.3 Å². The van der Waals surface area contributed by atoms with E-state index in [2.05, 4.69) is 30.9 Å². The molecule has 1 rings (SSSR count). The predicted octanol–water partition coefficient (Wildman–Crippen LogP) is 3.00. The molecule has 1 aromatic heterocycles. The van der Waals surface area contributed by atoms with Crippen molar-refractivity contribution in [1.82, 2.24) is 4.98 Å². The van der Waals surface area contributed by atoms with E-state index >= 15 is 0 Å². The maximum atomic E-state index is 9.99. The van der Waals surface area contributed by atoms with Gasteiger partial charge in [-0.3, -0.25) is 0 Å². The zero-order chi connectivity index (χ0) is 9.90. The van der Waals surface area contributed by atoms with Gasteiger partial charge in [-0.15, -0.1) is 11.3 Å². The summed E-state index contributed by atoms with van der Waals surface area (Å²) in [5.41, 5.74) is 1.32. The summed E-state index contributed by atoms with van der Waals surface area (Å²) in [6.45, 7) is 6.72. The molecule has 4 heteroatoms. The van der Waals surface area contributed by atoms with Gasteiger partial charge in [-0.2, -0.15) is 4.91 Å². The van der Waals surface area contributed by atoms with E-state index in [0.29, 0.717) is 0 Å². The number of nitroso groups, excluding NO2 is 1. The Labute approximate surface area is 82.2 Å². The van der Waals surface area contributed by atoms with Crippen molar-refractivity contribution in [1.29, 1.82) is 0 Å². The number of rotatable bonds is 3. The second-order valence-corrected chi connectivity index (χ2v) is 5.20. The highest BCUT2D eigenvalue weighted by atomic mass is 32.1. The third-order valence-electron chi connectivity index (χ3n) is 1.51. The van der Waals surface area contributed by atoms with E-state index in [4.69, 9.17) is 0 Å². The van der Waals surface area contributed by atoms with Gasteiger partial charge < -0.3 is 0 Å². The Morgan fingerprint density at radius 1 is 1.54 bits per heavy atom. The summed E-state index contributed by atoms with van der Waals surface area (Å²) in [4.78, 5) is 14.3. The standard InChI is InChI=1S/C9H14N2OS/c1-9(2,3)4-7-6-13-8(11-7)5-10-12/h6H,4-5H2,1-3H3. The van der Waals surface area contributed by atoms with E-state index in [1.807, 2.05) is 5.38 Å². The zero-order valence-electron chi connectivity index (χ0n) is 8.20. The van der Waals surface area contributed by atoms with Gasteiger partial charge in [0.05, 0.1) is 5.69 Å². The van der Waals surface area contributed by atoms with Crippen molar-refractivity contribution in [3.05, 3.63) is 21.0 Å². The molecule has 0 fully saturated rings. The average molecular weight is 198 g/mol. The molecule has 0 bridgehead atoms. The molecule has 0 aliphatic carbocycles. The second kappa shape index (κ2) is 3.96. The second-order valence-electron chi connectivity index (χ2n) is 4.26. The molecule has 0 amide bonds. The first-order chi connectivity index (χ1) is 6.01. The van der Waals surface area contributed by atoms with Gasteiger partial charge in [0.25, 0.3) is 0 Å². The van der Waals surface area contributed by atoms with Crippen molar-refractivity contribution in [2.45, 2.75) is 33.7 Å². The van der Waals surface area contributed by atoms with Gasteiger partial charge in [-0.1, -0.05) is 25.9 Å². The van der Waals surface area contributed by atoms with Crippen LogP contribution in [-0.2, 0) is 13.0 Å². The van der Waals surface area contributed by atoms with Gasteiger partial charge in [0.2, 0.25) is 0 Å². The molecule has 0 aromatic carbocycles. The van der Waals surface area contributed by atoms with Crippen molar-refractivity contribution in [2.24, 2.45) is 10.6 Å². The molecule has 72 valence electrons. The van der Waals surface area contributed by atoms with Crippen LogP contribution in [0, 0.1) is 10.3 Å². The van der Waals surface area contributed by atoms with Crippen molar-refractivity contribution in [3.63, 3.8) is 0 Å². The molecule has 0 N–H and O–H groups in total. The SMILES string of the molecule is CC(C)(C)Cc1csc(CN=O)n1. The van der Waals surface area contributed by atoms with Crippen LogP contribution in [0.15, 0.2) is 10.6 Å². The van der Waals surface area contributed by atoms with Gasteiger partial charge in [0.15, 0.2) is 0 Å². The van der Waals surface area contributed by atoms with Crippen molar-refractivity contribution in [2.75, 3.05) is 0 Å². The van der Waals surface area contributed by atoms with Gasteiger partial charge in [0, 0.05) is 5.38 Å². The minimum absolute atomic E-state index is 0.203. The summed E-state index contributed by atoms with van der Waals surface area (Å²) >= 11 is 1.51. The molecule has 0 saturated carbocycles. The molecule has 1 heterocycles. The van der Waals surface area contributed by atoms with Crippen LogP contribution in [0.5, 0.6) is 0 Å². The molecule has 1 aromatic rings. The number of hydrogen-bond donors (Lipinski definition) is 0. The summed E-state index contributed by atoms with van der Waals surface area (Å²) in [6, 6.07) is 0. The Balaban J connectivity index is 2.63. The summed E-state index contributed by atoms with van der Waals surface area (Å²) in [5, 5.41) is 5.63.